The van der Waals surface area contributed by atoms with E-state index in [0.29, 0.717) is 16.5 Å². The van der Waals surface area contributed by atoms with E-state index in [-0.39, 0.29) is 12.2 Å². The Balaban J connectivity index is 2.05. The minimum Gasteiger partial charge on any atom is -0.495 e. The van der Waals surface area contributed by atoms with Crippen molar-refractivity contribution in [3.8, 4) is 5.75 Å². The average molecular weight is 393 g/mol. The van der Waals surface area contributed by atoms with Gasteiger partial charge < -0.3 is 15.4 Å². The highest BCUT2D eigenvalue weighted by molar-refractivity contribution is 6.31. The van der Waals surface area contributed by atoms with Gasteiger partial charge in [0.25, 0.3) is 0 Å². The molecule has 25 heavy (non-hydrogen) atoms. The van der Waals surface area contributed by atoms with E-state index in [9.17, 15) is 18.0 Å². The fourth-order valence-electron chi connectivity index (χ4n) is 2.02. The summed E-state index contributed by atoms with van der Waals surface area (Å²) in [5.41, 5.74) is -0.546. The minimum absolute atomic E-state index is 0.0124. The molecule has 0 spiro atoms. The summed E-state index contributed by atoms with van der Waals surface area (Å²) in [5, 5.41) is 5.18. The zero-order valence-electron chi connectivity index (χ0n) is 12.9. The summed E-state index contributed by atoms with van der Waals surface area (Å²) in [6, 6.07) is 7.95. The molecule has 0 aliphatic rings. The summed E-state index contributed by atoms with van der Waals surface area (Å²) in [7, 11) is 1.46. The molecule has 0 saturated carbocycles. The van der Waals surface area contributed by atoms with Crippen LogP contribution in [-0.2, 0) is 11.0 Å². The number of carbonyl (C=O) groups excluding carboxylic acids is 1. The lowest BCUT2D eigenvalue weighted by Crippen LogP contribution is -2.22. The van der Waals surface area contributed by atoms with Gasteiger partial charge in [-0.2, -0.15) is 13.2 Å². The molecule has 0 atom stereocenters. The van der Waals surface area contributed by atoms with Crippen LogP contribution in [0.15, 0.2) is 36.4 Å². The zero-order chi connectivity index (χ0) is 18.6. The van der Waals surface area contributed by atoms with Crippen LogP contribution in [0.5, 0.6) is 5.75 Å². The number of benzene rings is 2. The standard InChI is InChI=1S/C16H13Cl2F3N2O2/c1-25-14-5-2-9(17)6-13(14)22-8-15(24)23-10-3-4-12(18)11(7-10)16(19,20)21/h2-7,22H,8H2,1H3,(H,23,24). The minimum atomic E-state index is -4.61. The van der Waals surface area contributed by atoms with E-state index in [1.165, 1.54) is 13.2 Å². The first-order valence-corrected chi connectivity index (χ1v) is 7.70. The SMILES string of the molecule is COc1ccc(Cl)cc1NCC(=O)Nc1ccc(Cl)c(C(F)(F)F)c1. The van der Waals surface area contributed by atoms with Gasteiger partial charge in [-0.3, -0.25) is 4.79 Å². The number of carbonyl (C=O) groups is 1. The van der Waals surface area contributed by atoms with E-state index in [4.69, 9.17) is 27.9 Å². The molecular formula is C16H13Cl2F3N2O2. The van der Waals surface area contributed by atoms with Crippen molar-refractivity contribution in [2.45, 2.75) is 6.18 Å². The van der Waals surface area contributed by atoms with E-state index in [1.807, 2.05) is 0 Å². The van der Waals surface area contributed by atoms with Gasteiger partial charge in [0.2, 0.25) is 5.91 Å². The number of rotatable bonds is 5. The molecule has 2 aromatic carbocycles. The Morgan fingerprint density at radius 3 is 2.52 bits per heavy atom. The molecule has 134 valence electrons. The van der Waals surface area contributed by atoms with Gasteiger partial charge in [0.15, 0.2) is 0 Å². The molecular weight excluding hydrogens is 380 g/mol. The third-order valence-corrected chi connectivity index (χ3v) is 3.72. The molecule has 4 nitrogen and oxygen atoms in total. The summed E-state index contributed by atoms with van der Waals surface area (Å²) >= 11 is 11.4. The molecule has 0 fully saturated rings. The predicted octanol–water partition coefficient (Wildman–Crippen LogP) is 5.07. The Kier molecular flexibility index (Phi) is 6.02. The van der Waals surface area contributed by atoms with Gasteiger partial charge in [-0.25, -0.2) is 0 Å². The van der Waals surface area contributed by atoms with E-state index < -0.39 is 22.7 Å². The molecule has 2 aromatic rings. The molecule has 0 bridgehead atoms. The third-order valence-electron chi connectivity index (χ3n) is 3.16. The van der Waals surface area contributed by atoms with Crippen molar-refractivity contribution in [1.82, 2.24) is 0 Å². The maximum atomic E-state index is 12.8. The van der Waals surface area contributed by atoms with Crippen LogP contribution in [0.3, 0.4) is 0 Å². The van der Waals surface area contributed by atoms with Gasteiger partial charge in [-0.05, 0) is 36.4 Å². The maximum absolute atomic E-state index is 12.8. The summed E-state index contributed by atoms with van der Waals surface area (Å²) in [5.74, 6) is -0.0690. The lowest BCUT2D eigenvalue weighted by atomic mass is 10.2. The van der Waals surface area contributed by atoms with Gasteiger partial charge in [0, 0.05) is 10.7 Å². The van der Waals surface area contributed by atoms with Crippen LogP contribution in [0.2, 0.25) is 10.0 Å². The number of anilines is 2. The lowest BCUT2D eigenvalue weighted by molar-refractivity contribution is -0.137. The van der Waals surface area contributed by atoms with Crippen LogP contribution >= 0.6 is 23.2 Å². The highest BCUT2D eigenvalue weighted by atomic mass is 35.5. The van der Waals surface area contributed by atoms with Crippen LogP contribution in [0.25, 0.3) is 0 Å². The molecule has 2 N–H and O–H groups in total. The summed E-state index contributed by atoms with van der Waals surface area (Å²) in [4.78, 5) is 12.0. The van der Waals surface area contributed by atoms with Crippen molar-refractivity contribution in [3.63, 3.8) is 0 Å². The van der Waals surface area contributed by atoms with Crippen LogP contribution in [-0.4, -0.2) is 19.6 Å². The fourth-order valence-corrected chi connectivity index (χ4v) is 2.42. The number of halogens is 5. The monoisotopic (exact) mass is 392 g/mol. The smallest absolute Gasteiger partial charge is 0.417 e. The van der Waals surface area contributed by atoms with Gasteiger partial charge >= 0.3 is 6.18 Å². The van der Waals surface area contributed by atoms with Crippen molar-refractivity contribution in [3.05, 3.63) is 52.0 Å². The molecule has 0 aliphatic heterocycles. The quantitative estimate of drug-likeness (QED) is 0.746. The van der Waals surface area contributed by atoms with E-state index in [0.717, 1.165) is 12.1 Å². The first-order chi connectivity index (χ1) is 11.7. The highest BCUT2D eigenvalue weighted by Crippen LogP contribution is 2.36. The highest BCUT2D eigenvalue weighted by Gasteiger charge is 2.33. The van der Waals surface area contributed by atoms with Gasteiger partial charge in [0.05, 0.1) is 29.9 Å². The second-order valence-corrected chi connectivity index (χ2v) is 5.78. The van der Waals surface area contributed by atoms with Gasteiger partial charge in [0.1, 0.15) is 5.75 Å². The number of methoxy groups -OCH3 is 1. The van der Waals surface area contributed by atoms with Crippen molar-refractivity contribution in [1.29, 1.82) is 0 Å². The van der Waals surface area contributed by atoms with Crippen LogP contribution in [0.4, 0.5) is 24.5 Å². The van der Waals surface area contributed by atoms with Crippen molar-refractivity contribution >= 4 is 40.5 Å². The molecule has 0 aliphatic carbocycles. The number of ether oxygens (including phenoxy) is 1. The molecule has 9 heteroatoms. The molecule has 1 amide bonds. The Morgan fingerprint density at radius 1 is 1.16 bits per heavy atom. The van der Waals surface area contributed by atoms with Crippen LogP contribution in [0.1, 0.15) is 5.56 Å². The Hall–Kier alpha value is -2.12. The molecule has 0 saturated heterocycles. The second kappa shape index (κ2) is 7.84. The summed E-state index contributed by atoms with van der Waals surface area (Å²) < 4.78 is 43.6. The first-order valence-electron chi connectivity index (χ1n) is 6.94. The number of alkyl halides is 3. The maximum Gasteiger partial charge on any atom is 0.417 e. The van der Waals surface area contributed by atoms with Crippen LogP contribution in [0, 0.1) is 0 Å². The number of nitrogens with one attached hydrogen (secondary N) is 2. The molecule has 0 unspecified atom stereocenters. The van der Waals surface area contributed by atoms with E-state index in [2.05, 4.69) is 10.6 Å². The third kappa shape index (κ3) is 5.17. The lowest BCUT2D eigenvalue weighted by Gasteiger charge is -2.13. The average Bonchev–Trinajstić information content (AvgIpc) is 2.54. The molecule has 0 radical (unpaired) electrons. The van der Waals surface area contributed by atoms with Gasteiger partial charge in [-0.15, -0.1) is 0 Å². The van der Waals surface area contributed by atoms with Crippen LogP contribution < -0.4 is 15.4 Å². The van der Waals surface area contributed by atoms with Crippen molar-refractivity contribution < 1.29 is 22.7 Å². The van der Waals surface area contributed by atoms with E-state index >= 15 is 0 Å². The Morgan fingerprint density at radius 2 is 1.88 bits per heavy atom. The number of hydrogen-bond donors (Lipinski definition) is 2. The summed E-state index contributed by atoms with van der Waals surface area (Å²) in [6.07, 6.45) is -4.61. The van der Waals surface area contributed by atoms with Crippen molar-refractivity contribution in [2.24, 2.45) is 0 Å². The predicted molar refractivity (Wildman–Crippen MR) is 91.6 cm³/mol. The van der Waals surface area contributed by atoms with Gasteiger partial charge in [-0.1, -0.05) is 23.2 Å². The number of hydrogen-bond acceptors (Lipinski definition) is 3. The Bertz CT molecular complexity index is 782. The molecule has 0 aromatic heterocycles. The summed E-state index contributed by atoms with van der Waals surface area (Å²) in [6.45, 7) is -0.194. The molecule has 2 rings (SSSR count). The number of amides is 1. The zero-order valence-corrected chi connectivity index (χ0v) is 14.4. The largest absolute Gasteiger partial charge is 0.495 e. The molecule has 0 heterocycles. The van der Waals surface area contributed by atoms with Crippen molar-refractivity contribution in [2.75, 3.05) is 24.3 Å². The first kappa shape index (κ1) is 19.2. The fraction of sp³-hybridized carbons (Fsp3) is 0.188. The Labute approximate surface area is 151 Å². The normalized spacial score (nSPS) is 11.1. The second-order valence-electron chi connectivity index (χ2n) is 4.94. The topological polar surface area (TPSA) is 50.4 Å². The van der Waals surface area contributed by atoms with E-state index in [1.54, 1.807) is 18.2 Å².